The third-order valence-electron chi connectivity index (χ3n) is 5.46. The van der Waals surface area contributed by atoms with E-state index in [1.807, 2.05) is 37.2 Å². The number of nitrogens with zero attached hydrogens (tertiary/aromatic N) is 3. The summed E-state index contributed by atoms with van der Waals surface area (Å²) >= 11 is 6.43. The molecule has 0 radical (unpaired) electrons. The Morgan fingerprint density at radius 3 is 2.65 bits per heavy atom. The number of methoxy groups -OCH3 is 1. The minimum absolute atomic E-state index is 0.219. The molecule has 3 rings (SSSR count). The van der Waals surface area contributed by atoms with Crippen molar-refractivity contribution >= 4 is 46.3 Å². The third-order valence-corrected chi connectivity index (χ3v) is 5.74. The summed E-state index contributed by atoms with van der Waals surface area (Å²) in [6.07, 6.45) is 6.89. The van der Waals surface area contributed by atoms with Crippen LogP contribution in [0.5, 0.6) is 5.75 Å². The van der Waals surface area contributed by atoms with Gasteiger partial charge in [0.15, 0.2) is 5.82 Å². The molecular formula is C28H35ClN6O2. The largest absolute Gasteiger partial charge is 0.495 e. The second kappa shape index (κ2) is 13.6. The molecule has 0 saturated carbocycles. The standard InChI is InChI=1S/C28H35ClN6O2/c1-19(2)12-13-20-9-6-7-10-23(20)32-27-22(29)18-30-28(34-27)33-24-17-21(14-15-25(24)37-5)31-26(36)11-8-16-35(3)4/h6-11,14-15,17-19H,12-13,16H2,1-5H3,(H,31,36)(H2,30,32,33,34). The maximum Gasteiger partial charge on any atom is 0.248 e. The van der Waals surface area contributed by atoms with Crippen molar-refractivity contribution in [2.45, 2.75) is 26.7 Å². The molecule has 1 aromatic heterocycles. The molecule has 0 bridgehead atoms. The smallest absolute Gasteiger partial charge is 0.248 e. The van der Waals surface area contributed by atoms with Crippen molar-refractivity contribution in [2.75, 3.05) is 43.7 Å². The minimum Gasteiger partial charge on any atom is -0.495 e. The Morgan fingerprint density at radius 2 is 1.92 bits per heavy atom. The number of amides is 1. The molecule has 2 aromatic carbocycles. The highest BCUT2D eigenvalue weighted by Crippen LogP contribution is 2.32. The van der Waals surface area contributed by atoms with Crippen LogP contribution in [-0.4, -0.2) is 48.5 Å². The van der Waals surface area contributed by atoms with Gasteiger partial charge in [-0.1, -0.05) is 49.7 Å². The summed E-state index contributed by atoms with van der Waals surface area (Å²) in [7, 11) is 5.46. The fraction of sp³-hybridized carbons (Fsp3) is 0.321. The first kappa shape index (κ1) is 28.0. The predicted octanol–water partition coefficient (Wildman–Crippen LogP) is 6.27. The number of aryl methyl sites for hydroxylation is 1. The van der Waals surface area contributed by atoms with Gasteiger partial charge >= 0.3 is 0 Å². The van der Waals surface area contributed by atoms with Crippen molar-refractivity contribution in [1.82, 2.24) is 14.9 Å². The van der Waals surface area contributed by atoms with Gasteiger partial charge in [-0.05, 0) is 62.7 Å². The van der Waals surface area contributed by atoms with E-state index in [4.69, 9.17) is 16.3 Å². The number of likely N-dealkylation sites (N-methyl/N-ethyl adjacent to an activating group) is 1. The van der Waals surface area contributed by atoms with Crippen molar-refractivity contribution < 1.29 is 9.53 Å². The molecule has 1 heterocycles. The topological polar surface area (TPSA) is 91.4 Å². The van der Waals surface area contributed by atoms with Gasteiger partial charge < -0.3 is 25.6 Å². The van der Waals surface area contributed by atoms with Crippen LogP contribution in [0.4, 0.5) is 28.8 Å². The molecule has 0 atom stereocenters. The number of ether oxygens (including phenoxy) is 1. The summed E-state index contributed by atoms with van der Waals surface area (Å²) in [5, 5.41) is 9.81. The molecule has 0 saturated heterocycles. The zero-order valence-corrected chi connectivity index (χ0v) is 22.8. The van der Waals surface area contributed by atoms with Gasteiger partial charge in [0.05, 0.1) is 19.0 Å². The van der Waals surface area contributed by atoms with E-state index in [0.717, 1.165) is 18.5 Å². The van der Waals surface area contributed by atoms with E-state index in [1.165, 1.54) is 11.6 Å². The first-order valence-electron chi connectivity index (χ1n) is 12.2. The second-order valence-electron chi connectivity index (χ2n) is 9.30. The van der Waals surface area contributed by atoms with Crippen molar-refractivity contribution in [3.05, 3.63) is 71.4 Å². The number of aromatic nitrogens is 2. The van der Waals surface area contributed by atoms with Gasteiger partial charge in [0, 0.05) is 24.0 Å². The molecule has 0 aliphatic rings. The number of carbonyl (C=O) groups is 1. The monoisotopic (exact) mass is 522 g/mol. The molecule has 1 amide bonds. The summed E-state index contributed by atoms with van der Waals surface area (Å²) in [5.41, 5.74) is 3.36. The number of nitrogens with one attached hydrogen (secondary N) is 3. The number of halogens is 1. The zero-order chi connectivity index (χ0) is 26.8. The molecule has 9 heteroatoms. The van der Waals surface area contributed by atoms with Crippen molar-refractivity contribution in [3.63, 3.8) is 0 Å². The normalized spacial score (nSPS) is 11.2. The second-order valence-corrected chi connectivity index (χ2v) is 9.71. The predicted molar refractivity (Wildman–Crippen MR) is 153 cm³/mol. The lowest BCUT2D eigenvalue weighted by Gasteiger charge is -2.15. The molecule has 0 spiro atoms. The van der Waals surface area contributed by atoms with Crippen LogP contribution in [0.3, 0.4) is 0 Å². The first-order chi connectivity index (χ1) is 17.7. The van der Waals surface area contributed by atoms with Gasteiger partial charge in [-0.3, -0.25) is 4.79 Å². The van der Waals surface area contributed by atoms with Crippen LogP contribution in [0.15, 0.2) is 60.8 Å². The number of carbonyl (C=O) groups excluding carboxylic acids is 1. The molecule has 196 valence electrons. The lowest BCUT2D eigenvalue weighted by Crippen LogP contribution is -2.13. The quantitative estimate of drug-likeness (QED) is 0.241. The van der Waals surface area contributed by atoms with Crippen LogP contribution in [0.1, 0.15) is 25.8 Å². The van der Waals surface area contributed by atoms with Gasteiger partial charge in [-0.15, -0.1) is 0 Å². The Bertz CT molecular complexity index is 1230. The number of para-hydroxylation sites is 1. The van der Waals surface area contributed by atoms with Crippen molar-refractivity contribution in [3.8, 4) is 5.75 Å². The van der Waals surface area contributed by atoms with Crippen LogP contribution in [0, 0.1) is 5.92 Å². The molecule has 3 aromatic rings. The lowest BCUT2D eigenvalue weighted by atomic mass is 10.0. The molecule has 37 heavy (non-hydrogen) atoms. The van der Waals surface area contributed by atoms with Gasteiger partial charge in [0.25, 0.3) is 0 Å². The Kier molecular flexibility index (Phi) is 10.3. The highest BCUT2D eigenvalue weighted by Gasteiger charge is 2.12. The molecule has 0 aliphatic heterocycles. The summed E-state index contributed by atoms with van der Waals surface area (Å²) < 4.78 is 5.49. The summed E-state index contributed by atoms with van der Waals surface area (Å²) in [5.74, 6) is 1.79. The molecule has 0 fully saturated rings. The van der Waals surface area contributed by atoms with E-state index in [-0.39, 0.29) is 5.91 Å². The maximum absolute atomic E-state index is 12.3. The summed E-state index contributed by atoms with van der Waals surface area (Å²) in [4.78, 5) is 23.2. The van der Waals surface area contributed by atoms with E-state index in [2.05, 4.69) is 45.8 Å². The average molecular weight is 523 g/mol. The maximum atomic E-state index is 12.3. The molecular weight excluding hydrogens is 488 g/mol. The van der Waals surface area contributed by atoms with E-state index >= 15 is 0 Å². The van der Waals surface area contributed by atoms with Gasteiger partial charge in [0.1, 0.15) is 10.8 Å². The van der Waals surface area contributed by atoms with Gasteiger partial charge in [-0.25, -0.2) is 4.98 Å². The summed E-state index contributed by atoms with van der Waals surface area (Å²) in [6.45, 7) is 5.10. The van der Waals surface area contributed by atoms with E-state index in [0.29, 0.717) is 46.4 Å². The van der Waals surface area contributed by atoms with Gasteiger partial charge in [0.2, 0.25) is 11.9 Å². The number of hydrogen-bond donors (Lipinski definition) is 3. The fourth-order valence-electron chi connectivity index (χ4n) is 3.51. The van der Waals surface area contributed by atoms with Crippen molar-refractivity contribution in [1.29, 1.82) is 0 Å². The SMILES string of the molecule is COc1ccc(NC(=O)C=CCN(C)C)cc1Nc1ncc(Cl)c(Nc2ccccc2CCC(C)C)n1. The van der Waals surface area contributed by atoms with Gasteiger partial charge in [-0.2, -0.15) is 4.98 Å². The number of anilines is 5. The number of benzene rings is 2. The lowest BCUT2D eigenvalue weighted by molar-refractivity contribution is -0.111. The number of rotatable bonds is 12. The first-order valence-corrected chi connectivity index (χ1v) is 12.6. The van der Waals surface area contributed by atoms with Crippen LogP contribution in [0.25, 0.3) is 0 Å². The van der Waals surface area contributed by atoms with E-state index in [1.54, 1.807) is 37.6 Å². The average Bonchev–Trinajstić information content (AvgIpc) is 2.85. The molecule has 8 nitrogen and oxygen atoms in total. The van der Waals surface area contributed by atoms with Crippen molar-refractivity contribution in [2.24, 2.45) is 5.92 Å². The number of hydrogen-bond acceptors (Lipinski definition) is 7. The highest BCUT2D eigenvalue weighted by atomic mass is 35.5. The highest BCUT2D eigenvalue weighted by molar-refractivity contribution is 6.32. The van der Waals surface area contributed by atoms with E-state index < -0.39 is 0 Å². The Hall–Kier alpha value is -3.62. The minimum atomic E-state index is -0.219. The molecule has 0 aliphatic carbocycles. The van der Waals surface area contributed by atoms with Crippen LogP contribution in [0.2, 0.25) is 5.02 Å². The van der Waals surface area contributed by atoms with E-state index in [9.17, 15) is 4.79 Å². The fourth-order valence-corrected chi connectivity index (χ4v) is 3.64. The summed E-state index contributed by atoms with van der Waals surface area (Å²) in [6, 6.07) is 13.4. The Morgan fingerprint density at radius 1 is 1.14 bits per heavy atom. The third kappa shape index (κ3) is 8.77. The zero-order valence-electron chi connectivity index (χ0n) is 22.0. The Labute approximate surface area is 224 Å². The van der Waals surface area contributed by atoms with Crippen LogP contribution in [-0.2, 0) is 11.2 Å². The molecule has 0 unspecified atom stereocenters. The Balaban J connectivity index is 1.79. The molecule has 3 N–H and O–H groups in total. The van der Waals surface area contributed by atoms with Crippen LogP contribution >= 0.6 is 11.6 Å². The van der Waals surface area contributed by atoms with Crippen LogP contribution < -0.4 is 20.7 Å².